The van der Waals surface area contributed by atoms with Crippen molar-refractivity contribution in [3.8, 4) is 0 Å². The fraction of sp³-hybridized carbons (Fsp3) is 0.733. The maximum atomic E-state index is 12.8. The van der Waals surface area contributed by atoms with Crippen molar-refractivity contribution in [3.63, 3.8) is 0 Å². The largest absolute Gasteiger partial charge is 0.435 e. The van der Waals surface area contributed by atoms with E-state index in [1.54, 1.807) is 11.8 Å². The molecule has 0 N–H and O–H groups in total. The second-order valence-corrected chi connectivity index (χ2v) is 6.16. The summed E-state index contributed by atoms with van der Waals surface area (Å²) < 4.78 is 39.4. The van der Waals surface area contributed by atoms with Crippen molar-refractivity contribution in [2.75, 3.05) is 0 Å². The second kappa shape index (κ2) is 5.93. The molecule has 0 aromatic carbocycles. The number of aryl methyl sites for hydroxylation is 1. The van der Waals surface area contributed by atoms with Crippen LogP contribution in [0.2, 0.25) is 0 Å². The molecule has 0 aliphatic carbocycles. The van der Waals surface area contributed by atoms with Crippen molar-refractivity contribution < 1.29 is 18.0 Å². The Morgan fingerprint density at radius 3 is 2.32 bits per heavy atom. The summed E-state index contributed by atoms with van der Waals surface area (Å²) in [7, 11) is 0. The summed E-state index contributed by atoms with van der Waals surface area (Å²) in [5.74, 6) is -0.167. The van der Waals surface area contributed by atoms with E-state index in [0.29, 0.717) is 5.69 Å². The number of aromatic nitrogens is 2. The van der Waals surface area contributed by atoms with Crippen LogP contribution in [0.25, 0.3) is 0 Å². The lowest BCUT2D eigenvalue weighted by Gasteiger charge is -2.40. The van der Waals surface area contributed by atoms with Gasteiger partial charge >= 0.3 is 6.18 Å². The number of amides is 1. The first-order valence-electron chi connectivity index (χ1n) is 7.58. The van der Waals surface area contributed by atoms with Gasteiger partial charge in [0.2, 0.25) is 5.91 Å². The molecule has 3 atom stereocenters. The summed E-state index contributed by atoms with van der Waals surface area (Å²) in [4.78, 5) is 14.5. The van der Waals surface area contributed by atoms with Crippen LogP contribution < -0.4 is 0 Å². The highest BCUT2D eigenvalue weighted by Gasteiger charge is 2.37. The monoisotopic (exact) mass is 317 g/mol. The number of halogens is 3. The molecule has 0 unspecified atom stereocenters. The van der Waals surface area contributed by atoms with Gasteiger partial charge < -0.3 is 4.90 Å². The van der Waals surface area contributed by atoms with Crippen LogP contribution in [0.3, 0.4) is 0 Å². The van der Waals surface area contributed by atoms with Crippen LogP contribution in [0.1, 0.15) is 57.5 Å². The third-order valence-electron chi connectivity index (χ3n) is 4.39. The Kier molecular flexibility index (Phi) is 4.54. The summed E-state index contributed by atoms with van der Waals surface area (Å²) in [5.41, 5.74) is -0.616. The number of hydrogen-bond donors (Lipinski definition) is 0. The van der Waals surface area contributed by atoms with Gasteiger partial charge in [-0.25, -0.2) is 0 Å². The number of piperidine rings is 1. The van der Waals surface area contributed by atoms with Gasteiger partial charge in [-0.2, -0.15) is 18.3 Å². The number of likely N-dealkylation sites (tertiary alicyclic amines) is 1. The molecule has 0 saturated carbocycles. The molecule has 2 rings (SSSR count). The SMILES string of the molecule is Cc1cc(C(F)(F)F)nn1[C@H](C)C(=O)N1[C@@H](C)CCC[C@@H]1C. The summed E-state index contributed by atoms with van der Waals surface area (Å²) >= 11 is 0. The number of nitrogens with zero attached hydrogens (tertiary/aromatic N) is 3. The first-order chi connectivity index (χ1) is 10.1. The maximum Gasteiger partial charge on any atom is 0.435 e. The van der Waals surface area contributed by atoms with Gasteiger partial charge in [-0.15, -0.1) is 0 Å². The van der Waals surface area contributed by atoms with Crippen LogP contribution in [0.5, 0.6) is 0 Å². The van der Waals surface area contributed by atoms with Gasteiger partial charge in [0.05, 0.1) is 0 Å². The standard InChI is InChI=1S/C15H22F3N3O/c1-9-6-5-7-10(2)20(9)14(22)12(4)21-11(3)8-13(19-21)15(16,17)18/h8-10,12H,5-7H2,1-4H3/t9-,10-,12+/m0/s1. The predicted molar refractivity (Wildman–Crippen MR) is 76.3 cm³/mol. The van der Waals surface area contributed by atoms with Crippen LogP contribution >= 0.6 is 0 Å². The molecule has 124 valence electrons. The Morgan fingerprint density at radius 2 is 1.86 bits per heavy atom. The van der Waals surface area contributed by atoms with E-state index in [2.05, 4.69) is 5.10 Å². The second-order valence-electron chi connectivity index (χ2n) is 6.16. The first-order valence-corrected chi connectivity index (χ1v) is 7.58. The molecule has 1 fully saturated rings. The average Bonchev–Trinajstić information content (AvgIpc) is 2.79. The Hall–Kier alpha value is -1.53. The highest BCUT2D eigenvalue weighted by molar-refractivity contribution is 5.80. The molecule has 7 heteroatoms. The van der Waals surface area contributed by atoms with E-state index in [1.165, 1.54) is 11.6 Å². The minimum absolute atomic E-state index is 0.108. The molecule has 1 amide bonds. The molecule has 4 nitrogen and oxygen atoms in total. The van der Waals surface area contributed by atoms with Gasteiger partial charge in [0.1, 0.15) is 6.04 Å². The Labute approximate surface area is 128 Å². The lowest BCUT2D eigenvalue weighted by molar-refractivity contribution is -0.144. The maximum absolute atomic E-state index is 12.8. The number of hydrogen-bond acceptors (Lipinski definition) is 2. The van der Waals surface area contributed by atoms with E-state index in [9.17, 15) is 18.0 Å². The van der Waals surface area contributed by atoms with E-state index in [-0.39, 0.29) is 18.0 Å². The fourth-order valence-corrected chi connectivity index (χ4v) is 3.19. The molecule has 1 aliphatic rings. The molecule has 1 saturated heterocycles. The number of carbonyl (C=O) groups is 1. The van der Waals surface area contributed by atoms with Crippen LogP contribution in [-0.4, -0.2) is 32.7 Å². The molecule has 0 radical (unpaired) electrons. The molecule has 22 heavy (non-hydrogen) atoms. The highest BCUT2D eigenvalue weighted by Crippen LogP contribution is 2.30. The molecule has 1 aromatic heterocycles. The quantitative estimate of drug-likeness (QED) is 0.836. The zero-order valence-electron chi connectivity index (χ0n) is 13.3. The third kappa shape index (κ3) is 3.13. The first kappa shape index (κ1) is 16.8. The van der Waals surface area contributed by atoms with Gasteiger partial charge in [0.25, 0.3) is 0 Å². The Balaban J connectivity index is 2.25. The number of alkyl halides is 3. The summed E-state index contributed by atoms with van der Waals surface area (Å²) in [5, 5.41) is 3.59. The average molecular weight is 317 g/mol. The summed E-state index contributed by atoms with van der Waals surface area (Å²) in [6.07, 6.45) is -1.58. The third-order valence-corrected chi connectivity index (χ3v) is 4.39. The van der Waals surface area contributed by atoms with Gasteiger partial charge in [0.15, 0.2) is 5.69 Å². The minimum Gasteiger partial charge on any atom is -0.335 e. The Morgan fingerprint density at radius 1 is 1.32 bits per heavy atom. The summed E-state index contributed by atoms with van der Waals surface area (Å²) in [6, 6.07) is 0.458. The molecule has 0 spiro atoms. The van der Waals surface area contributed by atoms with Crippen LogP contribution in [-0.2, 0) is 11.0 Å². The summed E-state index contributed by atoms with van der Waals surface area (Å²) in [6.45, 7) is 7.11. The zero-order valence-corrected chi connectivity index (χ0v) is 13.3. The molecule has 1 aliphatic heterocycles. The molecule has 0 bridgehead atoms. The van der Waals surface area contributed by atoms with E-state index in [1.807, 2.05) is 13.8 Å². The topological polar surface area (TPSA) is 38.1 Å². The number of carbonyl (C=O) groups excluding carboxylic acids is 1. The van der Waals surface area contributed by atoms with E-state index in [0.717, 1.165) is 25.3 Å². The molecule has 1 aromatic rings. The van der Waals surface area contributed by atoms with Gasteiger partial charge in [-0.05, 0) is 53.0 Å². The van der Waals surface area contributed by atoms with Gasteiger partial charge in [0, 0.05) is 17.8 Å². The predicted octanol–water partition coefficient (Wildman–Crippen LogP) is 3.56. The van der Waals surface area contributed by atoms with E-state index < -0.39 is 17.9 Å². The zero-order chi connectivity index (χ0) is 16.7. The van der Waals surface area contributed by atoms with Crippen molar-refractivity contribution in [3.05, 3.63) is 17.5 Å². The van der Waals surface area contributed by atoms with Crippen molar-refractivity contribution >= 4 is 5.91 Å². The van der Waals surface area contributed by atoms with Crippen molar-refractivity contribution in [2.24, 2.45) is 0 Å². The number of rotatable bonds is 2. The van der Waals surface area contributed by atoms with E-state index in [4.69, 9.17) is 0 Å². The van der Waals surface area contributed by atoms with Crippen molar-refractivity contribution in [1.82, 2.24) is 14.7 Å². The Bertz CT molecular complexity index is 543. The van der Waals surface area contributed by atoms with Crippen molar-refractivity contribution in [1.29, 1.82) is 0 Å². The lowest BCUT2D eigenvalue weighted by atomic mass is 9.96. The van der Waals surface area contributed by atoms with Gasteiger partial charge in [-0.3, -0.25) is 9.48 Å². The molecular weight excluding hydrogens is 295 g/mol. The van der Waals surface area contributed by atoms with Crippen LogP contribution in [0.15, 0.2) is 6.07 Å². The normalized spacial score (nSPS) is 24.4. The van der Waals surface area contributed by atoms with Crippen molar-refractivity contribution in [2.45, 2.75) is 71.3 Å². The van der Waals surface area contributed by atoms with Crippen LogP contribution in [0, 0.1) is 6.92 Å². The van der Waals surface area contributed by atoms with Gasteiger partial charge in [-0.1, -0.05) is 0 Å². The fourth-order valence-electron chi connectivity index (χ4n) is 3.19. The van der Waals surface area contributed by atoms with Crippen LogP contribution in [0.4, 0.5) is 13.2 Å². The molecular formula is C15H22F3N3O. The highest BCUT2D eigenvalue weighted by atomic mass is 19.4. The smallest absolute Gasteiger partial charge is 0.335 e. The van der Waals surface area contributed by atoms with E-state index >= 15 is 0 Å². The molecule has 2 heterocycles. The minimum atomic E-state index is -4.50. The lowest BCUT2D eigenvalue weighted by Crippen LogP contribution is -2.50.